The fourth-order valence-corrected chi connectivity index (χ4v) is 2.61. The molecule has 1 heterocycles. The lowest BCUT2D eigenvalue weighted by Crippen LogP contribution is -2.49. The Morgan fingerprint density at radius 2 is 1.90 bits per heavy atom. The molecule has 0 aliphatic carbocycles. The van der Waals surface area contributed by atoms with Crippen molar-refractivity contribution in [2.45, 2.75) is 33.0 Å². The van der Waals surface area contributed by atoms with Crippen LogP contribution in [0.5, 0.6) is 5.75 Å². The number of nitrogens with one attached hydrogen (secondary N) is 1. The van der Waals surface area contributed by atoms with Gasteiger partial charge < -0.3 is 19.7 Å². The molecule has 4 nitrogen and oxygen atoms in total. The number of hydrogen-bond acceptors (Lipinski definition) is 3. The molecule has 110 valence electrons. The SMILES string of the molecule is CCOc1ccc(NC(=S)N2CC(C)OC(C)C2)cc1. The third kappa shape index (κ3) is 4.08. The van der Waals surface area contributed by atoms with Crippen LogP contribution in [0.4, 0.5) is 5.69 Å². The van der Waals surface area contributed by atoms with Crippen molar-refractivity contribution >= 4 is 23.0 Å². The highest BCUT2D eigenvalue weighted by molar-refractivity contribution is 7.80. The first-order valence-corrected chi connectivity index (χ1v) is 7.43. The molecular weight excluding hydrogens is 272 g/mol. The van der Waals surface area contributed by atoms with Crippen LogP contribution in [0.2, 0.25) is 0 Å². The van der Waals surface area contributed by atoms with Gasteiger partial charge in [-0.15, -0.1) is 0 Å². The Morgan fingerprint density at radius 3 is 2.45 bits per heavy atom. The molecule has 2 rings (SSSR count). The third-order valence-electron chi connectivity index (χ3n) is 3.12. The highest BCUT2D eigenvalue weighted by atomic mass is 32.1. The quantitative estimate of drug-likeness (QED) is 0.867. The van der Waals surface area contributed by atoms with Gasteiger partial charge in [0.15, 0.2) is 5.11 Å². The van der Waals surface area contributed by atoms with Crippen LogP contribution in [-0.2, 0) is 4.74 Å². The van der Waals surface area contributed by atoms with Crippen LogP contribution >= 0.6 is 12.2 Å². The van der Waals surface area contributed by atoms with Gasteiger partial charge in [0.2, 0.25) is 0 Å². The predicted molar refractivity (Wildman–Crippen MR) is 85.4 cm³/mol. The van der Waals surface area contributed by atoms with E-state index in [0.29, 0.717) is 6.61 Å². The van der Waals surface area contributed by atoms with E-state index in [1.165, 1.54) is 0 Å². The standard InChI is InChI=1S/C15H22N2O2S/c1-4-18-14-7-5-13(6-8-14)16-15(20)17-9-11(2)19-12(3)10-17/h5-8,11-12H,4,9-10H2,1-3H3,(H,16,20). The first kappa shape index (κ1) is 15.1. The smallest absolute Gasteiger partial charge is 0.173 e. The topological polar surface area (TPSA) is 33.7 Å². The summed E-state index contributed by atoms with van der Waals surface area (Å²) in [5.74, 6) is 0.873. The Morgan fingerprint density at radius 1 is 1.30 bits per heavy atom. The van der Waals surface area contributed by atoms with Crippen molar-refractivity contribution in [3.05, 3.63) is 24.3 Å². The molecule has 0 aromatic heterocycles. The molecule has 0 spiro atoms. The largest absolute Gasteiger partial charge is 0.494 e. The maximum Gasteiger partial charge on any atom is 0.173 e. The summed E-state index contributed by atoms with van der Waals surface area (Å²) < 4.78 is 11.1. The van der Waals surface area contributed by atoms with Gasteiger partial charge in [-0.2, -0.15) is 0 Å². The number of rotatable bonds is 3. The molecule has 1 aliphatic rings. The average Bonchev–Trinajstić information content (AvgIpc) is 2.40. The fourth-order valence-electron chi connectivity index (χ4n) is 2.35. The molecule has 1 N–H and O–H groups in total. The molecule has 2 unspecified atom stereocenters. The van der Waals surface area contributed by atoms with Crippen molar-refractivity contribution in [1.29, 1.82) is 0 Å². The van der Waals surface area contributed by atoms with E-state index in [1.807, 2.05) is 31.2 Å². The Bertz CT molecular complexity index is 440. The van der Waals surface area contributed by atoms with Crippen LogP contribution in [0.3, 0.4) is 0 Å². The summed E-state index contributed by atoms with van der Waals surface area (Å²) >= 11 is 5.47. The second-order valence-electron chi connectivity index (χ2n) is 5.05. The number of benzene rings is 1. The normalized spacial score (nSPS) is 22.4. The van der Waals surface area contributed by atoms with E-state index >= 15 is 0 Å². The molecule has 2 atom stereocenters. The van der Waals surface area contributed by atoms with Gasteiger partial charge in [-0.05, 0) is 57.3 Å². The molecule has 0 amide bonds. The van der Waals surface area contributed by atoms with Gasteiger partial charge in [-0.25, -0.2) is 0 Å². The van der Waals surface area contributed by atoms with E-state index in [9.17, 15) is 0 Å². The Kier molecular flexibility index (Phi) is 5.20. The van der Waals surface area contributed by atoms with Gasteiger partial charge in [0.25, 0.3) is 0 Å². The van der Waals surface area contributed by atoms with E-state index < -0.39 is 0 Å². The number of anilines is 1. The predicted octanol–water partition coefficient (Wildman–Crippen LogP) is 2.89. The molecule has 1 aliphatic heterocycles. The molecule has 0 saturated carbocycles. The van der Waals surface area contributed by atoms with Crippen molar-refractivity contribution in [3.63, 3.8) is 0 Å². The van der Waals surface area contributed by atoms with Crippen molar-refractivity contribution < 1.29 is 9.47 Å². The maximum absolute atomic E-state index is 5.71. The van der Waals surface area contributed by atoms with Crippen LogP contribution in [0.15, 0.2) is 24.3 Å². The number of ether oxygens (including phenoxy) is 2. The van der Waals surface area contributed by atoms with Crippen molar-refractivity contribution in [3.8, 4) is 5.75 Å². The van der Waals surface area contributed by atoms with Crippen LogP contribution in [-0.4, -0.2) is 41.9 Å². The molecule has 5 heteroatoms. The van der Waals surface area contributed by atoms with Gasteiger partial charge in [-0.3, -0.25) is 0 Å². The summed E-state index contributed by atoms with van der Waals surface area (Å²) in [6.07, 6.45) is 0.415. The molecule has 20 heavy (non-hydrogen) atoms. The highest BCUT2D eigenvalue weighted by Crippen LogP contribution is 2.17. The molecule has 0 bridgehead atoms. The van der Waals surface area contributed by atoms with E-state index in [-0.39, 0.29) is 12.2 Å². The monoisotopic (exact) mass is 294 g/mol. The maximum atomic E-state index is 5.71. The van der Waals surface area contributed by atoms with Gasteiger partial charge in [0.05, 0.1) is 18.8 Å². The zero-order chi connectivity index (χ0) is 14.5. The van der Waals surface area contributed by atoms with Crippen LogP contribution < -0.4 is 10.1 Å². The highest BCUT2D eigenvalue weighted by Gasteiger charge is 2.23. The Hall–Kier alpha value is -1.33. The minimum Gasteiger partial charge on any atom is -0.494 e. The second-order valence-corrected chi connectivity index (χ2v) is 5.44. The number of morpholine rings is 1. The summed E-state index contributed by atoms with van der Waals surface area (Å²) in [6.45, 7) is 8.45. The van der Waals surface area contributed by atoms with Gasteiger partial charge in [-0.1, -0.05) is 0 Å². The molecular formula is C15H22N2O2S. The third-order valence-corrected chi connectivity index (χ3v) is 3.48. The molecule has 1 fully saturated rings. The van der Waals surface area contributed by atoms with E-state index in [2.05, 4.69) is 24.1 Å². The van der Waals surface area contributed by atoms with Gasteiger partial charge in [0, 0.05) is 18.8 Å². The molecule has 1 saturated heterocycles. The number of thiocarbonyl (C=S) groups is 1. The van der Waals surface area contributed by atoms with Crippen LogP contribution in [0.1, 0.15) is 20.8 Å². The average molecular weight is 294 g/mol. The molecule has 1 aromatic carbocycles. The first-order valence-electron chi connectivity index (χ1n) is 7.02. The van der Waals surface area contributed by atoms with Crippen LogP contribution in [0.25, 0.3) is 0 Å². The van der Waals surface area contributed by atoms with Crippen molar-refractivity contribution in [2.75, 3.05) is 25.0 Å². The van der Waals surface area contributed by atoms with Gasteiger partial charge in [0.1, 0.15) is 5.75 Å². The zero-order valence-electron chi connectivity index (χ0n) is 12.3. The lowest BCUT2D eigenvalue weighted by atomic mass is 10.2. The number of nitrogens with zero attached hydrogens (tertiary/aromatic N) is 1. The van der Waals surface area contributed by atoms with E-state index in [1.54, 1.807) is 0 Å². The summed E-state index contributed by atoms with van der Waals surface area (Å²) in [5.41, 5.74) is 0.977. The molecule has 1 aromatic rings. The lowest BCUT2D eigenvalue weighted by molar-refractivity contribution is -0.0473. The van der Waals surface area contributed by atoms with Crippen molar-refractivity contribution in [1.82, 2.24) is 4.90 Å². The minimum absolute atomic E-state index is 0.207. The summed E-state index contributed by atoms with van der Waals surface area (Å²) in [4.78, 5) is 2.16. The summed E-state index contributed by atoms with van der Waals surface area (Å²) in [6, 6.07) is 7.84. The second kappa shape index (κ2) is 6.90. The van der Waals surface area contributed by atoms with Crippen molar-refractivity contribution in [2.24, 2.45) is 0 Å². The minimum atomic E-state index is 0.207. The van der Waals surface area contributed by atoms with Gasteiger partial charge >= 0.3 is 0 Å². The van der Waals surface area contributed by atoms with E-state index in [4.69, 9.17) is 21.7 Å². The molecule has 0 radical (unpaired) electrons. The Balaban J connectivity index is 1.93. The summed E-state index contributed by atoms with van der Waals surface area (Å²) in [7, 11) is 0. The zero-order valence-corrected chi connectivity index (χ0v) is 13.1. The lowest BCUT2D eigenvalue weighted by Gasteiger charge is -2.36. The fraction of sp³-hybridized carbons (Fsp3) is 0.533. The number of hydrogen-bond donors (Lipinski definition) is 1. The Labute approximate surface area is 126 Å². The summed E-state index contributed by atoms with van der Waals surface area (Å²) in [5, 5.41) is 4.01. The van der Waals surface area contributed by atoms with E-state index in [0.717, 1.165) is 29.6 Å². The first-order chi connectivity index (χ1) is 9.58. The van der Waals surface area contributed by atoms with Crippen LogP contribution in [0, 0.1) is 0 Å².